The van der Waals surface area contributed by atoms with Crippen molar-refractivity contribution in [1.82, 2.24) is 10.3 Å². The second-order valence-corrected chi connectivity index (χ2v) is 5.42. The summed E-state index contributed by atoms with van der Waals surface area (Å²) in [5.41, 5.74) is 2.73. The van der Waals surface area contributed by atoms with Crippen molar-refractivity contribution in [2.45, 2.75) is 12.8 Å². The Labute approximate surface area is 133 Å². The van der Waals surface area contributed by atoms with Crippen LogP contribution in [0.25, 0.3) is 10.8 Å². The zero-order valence-electron chi connectivity index (χ0n) is 12.5. The summed E-state index contributed by atoms with van der Waals surface area (Å²) in [5.74, 6) is -1.27. The van der Waals surface area contributed by atoms with E-state index in [2.05, 4.69) is 10.5 Å². The molecule has 0 atom stereocenters. The van der Waals surface area contributed by atoms with Crippen molar-refractivity contribution in [2.24, 2.45) is 5.10 Å². The van der Waals surface area contributed by atoms with Crippen molar-refractivity contribution in [1.29, 1.82) is 0 Å². The van der Waals surface area contributed by atoms with Gasteiger partial charge in [0.25, 0.3) is 0 Å². The first-order valence-electron chi connectivity index (χ1n) is 7.50. The van der Waals surface area contributed by atoms with Gasteiger partial charge in [0.15, 0.2) is 0 Å². The number of likely N-dealkylation sites (tertiary alicyclic amines) is 1. The maximum absolute atomic E-state index is 11.9. The lowest BCUT2D eigenvalue weighted by atomic mass is 10.0. The molecule has 2 aromatic carbocycles. The molecule has 0 aromatic heterocycles. The quantitative estimate of drug-likeness (QED) is 0.502. The molecule has 1 saturated heterocycles. The summed E-state index contributed by atoms with van der Waals surface area (Å²) in [5, 5.41) is 15.6. The number of fused-ring (bicyclic) bond motifs is 1. The molecular weight excluding hydrogens is 294 g/mol. The lowest BCUT2D eigenvalue weighted by Crippen LogP contribution is -2.39. The molecule has 0 saturated carbocycles. The van der Waals surface area contributed by atoms with E-state index in [1.54, 1.807) is 12.1 Å². The number of hydrogen-bond acceptors (Lipinski definition) is 4. The molecule has 0 aliphatic carbocycles. The largest absolute Gasteiger partial charge is 0.507 e. The summed E-state index contributed by atoms with van der Waals surface area (Å²) in [4.78, 5) is 25.2. The third-order valence-corrected chi connectivity index (χ3v) is 3.89. The van der Waals surface area contributed by atoms with E-state index < -0.39 is 11.8 Å². The maximum Gasteiger partial charge on any atom is 0.329 e. The van der Waals surface area contributed by atoms with Gasteiger partial charge in [0.05, 0.1) is 6.21 Å². The second-order valence-electron chi connectivity index (χ2n) is 5.42. The van der Waals surface area contributed by atoms with E-state index in [-0.39, 0.29) is 5.75 Å². The van der Waals surface area contributed by atoms with Crippen molar-refractivity contribution in [3.8, 4) is 5.75 Å². The number of aromatic hydroxyl groups is 1. The minimum Gasteiger partial charge on any atom is -0.507 e. The van der Waals surface area contributed by atoms with Crippen LogP contribution in [0.1, 0.15) is 18.4 Å². The van der Waals surface area contributed by atoms with Crippen molar-refractivity contribution >= 4 is 28.8 Å². The van der Waals surface area contributed by atoms with Crippen LogP contribution in [-0.2, 0) is 9.59 Å². The predicted octanol–water partition coefficient (Wildman–Crippen LogP) is 1.62. The van der Waals surface area contributed by atoms with E-state index in [4.69, 9.17) is 0 Å². The number of rotatable bonds is 2. The van der Waals surface area contributed by atoms with Gasteiger partial charge in [0.2, 0.25) is 0 Å². The van der Waals surface area contributed by atoms with Crippen molar-refractivity contribution in [2.75, 3.05) is 13.1 Å². The lowest BCUT2D eigenvalue weighted by Gasteiger charge is -2.12. The van der Waals surface area contributed by atoms with Crippen molar-refractivity contribution in [3.05, 3.63) is 42.0 Å². The van der Waals surface area contributed by atoms with E-state index >= 15 is 0 Å². The van der Waals surface area contributed by atoms with Gasteiger partial charge in [-0.2, -0.15) is 5.10 Å². The Morgan fingerprint density at radius 1 is 1.13 bits per heavy atom. The Morgan fingerprint density at radius 2 is 1.87 bits per heavy atom. The van der Waals surface area contributed by atoms with Gasteiger partial charge in [-0.15, -0.1) is 0 Å². The molecule has 2 aromatic rings. The Morgan fingerprint density at radius 3 is 2.65 bits per heavy atom. The van der Waals surface area contributed by atoms with E-state index in [1.807, 2.05) is 24.3 Å². The van der Waals surface area contributed by atoms with Crippen LogP contribution in [0.5, 0.6) is 5.75 Å². The molecule has 2 amide bonds. The van der Waals surface area contributed by atoms with Crippen molar-refractivity contribution in [3.63, 3.8) is 0 Å². The zero-order valence-corrected chi connectivity index (χ0v) is 12.5. The summed E-state index contributed by atoms with van der Waals surface area (Å²) >= 11 is 0. The maximum atomic E-state index is 11.9. The van der Waals surface area contributed by atoms with Crippen LogP contribution in [0.4, 0.5) is 0 Å². The minimum absolute atomic E-state index is 0.0626. The van der Waals surface area contributed by atoms with Crippen LogP contribution in [0.15, 0.2) is 41.5 Å². The van der Waals surface area contributed by atoms with E-state index in [1.165, 1.54) is 11.1 Å². The SMILES string of the molecule is O=C(NN=Cc1c(O)ccc2ccccc12)C(=O)N1CCCC1. The highest BCUT2D eigenvalue weighted by molar-refractivity contribution is 6.35. The molecule has 6 nitrogen and oxygen atoms in total. The topological polar surface area (TPSA) is 82.0 Å². The number of amides is 2. The summed E-state index contributed by atoms with van der Waals surface area (Å²) in [6, 6.07) is 10.9. The van der Waals surface area contributed by atoms with Crippen LogP contribution in [0, 0.1) is 0 Å². The number of phenols is 1. The third-order valence-electron chi connectivity index (χ3n) is 3.89. The van der Waals surface area contributed by atoms with E-state index in [0.717, 1.165) is 23.6 Å². The van der Waals surface area contributed by atoms with Gasteiger partial charge in [-0.3, -0.25) is 9.59 Å². The highest BCUT2D eigenvalue weighted by Crippen LogP contribution is 2.25. The minimum atomic E-state index is -0.761. The smallest absolute Gasteiger partial charge is 0.329 e. The van der Waals surface area contributed by atoms with Gasteiger partial charge in [0.1, 0.15) is 5.75 Å². The number of nitrogens with zero attached hydrogens (tertiary/aromatic N) is 2. The normalized spacial score (nSPS) is 14.5. The number of carbonyl (C=O) groups is 2. The monoisotopic (exact) mass is 311 g/mol. The first kappa shape index (κ1) is 15.0. The number of benzene rings is 2. The fourth-order valence-corrected chi connectivity index (χ4v) is 2.69. The van der Waals surface area contributed by atoms with Crippen molar-refractivity contribution < 1.29 is 14.7 Å². The lowest BCUT2D eigenvalue weighted by molar-refractivity contribution is -0.145. The summed E-state index contributed by atoms with van der Waals surface area (Å²) < 4.78 is 0. The Balaban J connectivity index is 1.74. The number of phenolic OH excluding ortho intramolecular Hbond substituents is 1. The van der Waals surface area contributed by atoms with Gasteiger partial charge in [-0.25, -0.2) is 5.43 Å². The van der Waals surface area contributed by atoms with Gasteiger partial charge >= 0.3 is 11.8 Å². The molecule has 6 heteroatoms. The van der Waals surface area contributed by atoms with Gasteiger partial charge in [-0.05, 0) is 29.7 Å². The van der Waals surface area contributed by atoms with E-state index in [9.17, 15) is 14.7 Å². The van der Waals surface area contributed by atoms with Crippen LogP contribution in [0.2, 0.25) is 0 Å². The molecule has 1 heterocycles. The molecule has 2 N–H and O–H groups in total. The summed E-state index contributed by atoms with van der Waals surface area (Å²) in [6.45, 7) is 1.22. The summed E-state index contributed by atoms with van der Waals surface area (Å²) in [6.07, 6.45) is 3.20. The van der Waals surface area contributed by atoms with Gasteiger partial charge < -0.3 is 10.0 Å². The zero-order chi connectivity index (χ0) is 16.2. The fraction of sp³-hybridized carbons (Fsp3) is 0.235. The second kappa shape index (κ2) is 6.48. The van der Waals surface area contributed by atoms with Crippen LogP contribution >= 0.6 is 0 Å². The highest BCUT2D eigenvalue weighted by Gasteiger charge is 2.23. The molecule has 0 radical (unpaired) electrons. The molecule has 0 bridgehead atoms. The average Bonchev–Trinajstić information content (AvgIpc) is 3.10. The molecule has 3 rings (SSSR count). The molecule has 1 aliphatic heterocycles. The molecule has 0 unspecified atom stereocenters. The first-order valence-corrected chi connectivity index (χ1v) is 7.50. The first-order chi connectivity index (χ1) is 11.2. The van der Waals surface area contributed by atoms with Gasteiger partial charge in [-0.1, -0.05) is 30.3 Å². The molecule has 0 spiro atoms. The molecule has 1 aliphatic rings. The average molecular weight is 311 g/mol. The Hall–Kier alpha value is -2.89. The Bertz CT molecular complexity index is 780. The number of hydrogen-bond donors (Lipinski definition) is 2. The fourth-order valence-electron chi connectivity index (χ4n) is 2.69. The van der Waals surface area contributed by atoms with E-state index in [0.29, 0.717) is 18.7 Å². The predicted molar refractivity (Wildman–Crippen MR) is 87.2 cm³/mol. The molecule has 23 heavy (non-hydrogen) atoms. The number of carbonyl (C=O) groups excluding carboxylic acids is 2. The molecule has 118 valence electrons. The summed E-state index contributed by atoms with van der Waals surface area (Å²) in [7, 11) is 0. The third kappa shape index (κ3) is 3.15. The van der Waals surface area contributed by atoms with Crippen LogP contribution in [0.3, 0.4) is 0 Å². The van der Waals surface area contributed by atoms with Crippen LogP contribution in [-0.4, -0.2) is 41.1 Å². The Kier molecular flexibility index (Phi) is 4.23. The van der Waals surface area contributed by atoms with Crippen LogP contribution < -0.4 is 5.43 Å². The standard InChI is InChI=1S/C17H17N3O3/c21-15-8-7-12-5-1-2-6-13(12)14(15)11-18-19-16(22)17(23)20-9-3-4-10-20/h1-2,5-8,11,21H,3-4,9-10H2,(H,19,22). The molecular formula is C17H17N3O3. The number of hydrazone groups is 1. The van der Waals surface area contributed by atoms with Gasteiger partial charge in [0, 0.05) is 18.7 Å². The molecule has 1 fully saturated rings. The highest BCUT2D eigenvalue weighted by atomic mass is 16.3. The number of nitrogens with one attached hydrogen (secondary N) is 1.